The smallest absolute Gasteiger partial charge is 0.277 e. The van der Waals surface area contributed by atoms with E-state index in [1.165, 1.54) is 18.3 Å². The van der Waals surface area contributed by atoms with E-state index in [-0.39, 0.29) is 11.8 Å². The van der Waals surface area contributed by atoms with Crippen molar-refractivity contribution in [1.29, 1.82) is 0 Å². The lowest BCUT2D eigenvalue weighted by atomic mass is 10.3. The van der Waals surface area contributed by atoms with Crippen molar-refractivity contribution >= 4 is 34.0 Å². The van der Waals surface area contributed by atoms with E-state index < -0.39 is 0 Å². The second-order valence-corrected chi connectivity index (χ2v) is 6.75. The minimum Gasteiger partial charge on any atom is -0.344 e. The largest absolute Gasteiger partial charge is 0.344 e. The number of aromatic nitrogens is 1. The number of carbonyl (C=O) groups excluding carboxylic acids is 2. The van der Waals surface area contributed by atoms with Gasteiger partial charge in [-0.2, -0.15) is 0 Å². The summed E-state index contributed by atoms with van der Waals surface area (Å²) in [4.78, 5) is 32.6. The molecule has 6 nitrogen and oxygen atoms in total. The maximum atomic E-state index is 12.0. The third-order valence-electron chi connectivity index (χ3n) is 3.49. The Morgan fingerprint density at radius 3 is 2.46 bits per heavy atom. The number of likely N-dealkylation sites (N-methyl/N-ethyl adjacent to an activating group) is 2. The van der Waals surface area contributed by atoms with Crippen molar-refractivity contribution in [3.8, 4) is 0 Å². The van der Waals surface area contributed by atoms with Crippen LogP contribution in [0.5, 0.6) is 0 Å². The number of carbonyl (C=O) groups is 2. The third-order valence-corrected chi connectivity index (χ3v) is 4.37. The van der Waals surface area contributed by atoms with E-state index in [4.69, 9.17) is 0 Å². The van der Waals surface area contributed by atoms with Gasteiger partial charge in [0.25, 0.3) is 5.91 Å². The summed E-state index contributed by atoms with van der Waals surface area (Å²) in [5, 5.41) is 2.59. The predicted molar refractivity (Wildman–Crippen MR) is 95.5 cm³/mol. The van der Waals surface area contributed by atoms with Crippen LogP contribution in [0.4, 0.5) is 10.8 Å². The van der Waals surface area contributed by atoms with E-state index >= 15 is 0 Å². The lowest BCUT2D eigenvalue weighted by molar-refractivity contribution is -0.886. The second kappa shape index (κ2) is 8.03. The summed E-state index contributed by atoms with van der Waals surface area (Å²) in [6, 6.07) is 9.47. The van der Waals surface area contributed by atoms with Crippen molar-refractivity contribution in [2.45, 2.75) is 13.5 Å². The fourth-order valence-corrected chi connectivity index (χ4v) is 3.16. The number of quaternary nitrogens is 1. The zero-order chi connectivity index (χ0) is 17.7. The Balaban J connectivity index is 2.11. The van der Waals surface area contributed by atoms with Gasteiger partial charge in [-0.1, -0.05) is 18.2 Å². The standard InChI is InChI=1S/C17H22N4O2S/c1-13(22)21(15-8-6-5-7-9-15)17-18-14(12-24-17)10-20(4)11-16(23)19(2)3/h5-9,12H,10-11H2,1-4H3/p+1. The monoisotopic (exact) mass is 347 g/mol. The molecule has 0 bridgehead atoms. The molecule has 1 heterocycles. The van der Waals surface area contributed by atoms with Crippen molar-refractivity contribution in [2.75, 3.05) is 32.6 Å². The first-order valence-electron chi connectivity index (χ1n) is 7.70. The number of benzene rings is 1. The molecule has 7 heteroatoms. The van der Waals surface area contributed by atoms with E-state index in [0.717, 1.165) is 16.3 Å². The highest BCUT2D eigenvalue weighted by atomic mass is 32.1. The SMILES string of the molecule is CC(=O)N(c1ccccc1)c1nc(C[NH+](C)CC(=O)N(C)C)cs1. The highest BCUT2D eigenvalue weighted by molar-refractivity contribution is 7.14. The van der Waals surface area contributed by atoms with Gasteiger partial charge in [0, 0.05) is 26.4 Å². The Labute approximate surface area is 146 Å². The fourth-order valence-electron chi connectivity index (χ4n) is 2.27. The Morgan fingerprint density at radius 2 is 1.88 bits per heavy atom. The number of rotatable bonds is 6. The first-order valence-corrected chi connectivity index (χ1v) is 8.58. The van der Waals surface area contributed by atoms with Crippen LogP contribution in [0, 0.1) is 0 Å². The van der Waals surface area contributed by atoms with Crippen molar-refractivity contribution in [3.63, 3.8) is 0 Å². The van der Waals surface area contributed by atoms with E-state index in [1.807, 2.05) is 42.8 Å². The van der Waals surface area contributed by atoms with Gasteiger partial charge in [0.2, 0.25) is 5.91 Å². The lowest BCUT2D eigenvalue weighted by Crippen LogP contribution is -3.08. The molecule has 1 atom stereocenters. The Bertz CT molecular complexity index is 700. The van der Waals surface area contributed by atoms with Gasteiger partial charge in [-0.3, -0.25) is 14.5 Å². The molecule has 24 heavy (non-hydrogen) atoms. The van der Waals surface area contributed by atoms with Crippen LogP contribution in [0.25, 0.3) is 0 Å². The van der Waals surface area contributed by atoms with Gasteiger partial charge in [0.05, 0.1) is 12.7 Å². The molecule has 0 saturated heterocycles. The quantitative estimate of drug-likeness (QED) is 0.846. The molecule has 2 rings (SSSR count). The fraction of sp³-hybridized carbons (Fsp3) is 0.353. The summed E-state index contributed by atoms with van der Waals surface area (Å²) in [5.74, 6) is 0.00295. The molecule has 0 aliphatic rings. The molecule has 1 N–H and O–H groups in total. The molecule has 1 aromatic carbocycles. The van der Waals surface area contributed by atoms with Gasteiger partial charge in [0.1, 0.15) is 12.2 Å². The van der Waals surface area contributed by atoms with Gasteiger partial charge in [-0.05, 0) is 12.1 Å². The molecule has 0 saturated carbocycles. The topological polar surface area (TPSA) is 58.0 Å². The second-order valence-electron chi connectivity index (χ2n) is 5.91. The van der Waals surface area contributed by atoms with Gasteiger partial charge in [-0.25, -0.2) is 4.98 Å². The van der Waals surface area contributed by atoms with E-state index in [2.05, 4.69) is 4.98 Å². The van der Waals surface area contributed by atoms with Crippen LogP contribution in [-0.4, -0.2) is 49.4 Å². The number of hydrogen-bond acceptors (Lipinski definition) is 4. The highest BCUT2D eigenvalue weighted by Crippen LogP contribution is 2.28. The summed E-state index contributed by atoms with van der Waals surface area (Å²) in [5.41, 5.74) is 1.68. The zero-order valence-electron chi connectivity index (χ0n) is 14.4. The van der Waals surface area contributed by atoms with Crippen LogP contribution in [0.2, 0.25) is 0 Å². The van der Waals surface area contributed by atoms with E-state index in [1.54, 1.807) is 23.9 Å². The van der Waals surface area contributed by atoms with Crippen LogP contribution in [0.15, 0.2) is 35.7 Å². The summed E-state index contributed by atoms with van der Waals surface area (Å²) >= 11 is 1.43. The zero-order valence-corrected chi connectivity index (χ0v) is 15.3. The van der Waals surface area contributed by atoms with Gasteiger partial charge >= 0.3 is 0 Å². The normalized spacial score (nSPS) is 11.8. The first kappa shape index (κ1) is 18.1. The number of para-hydroxylation sites is 1. The van der Waals surface area contributed by atoms with Crippen LogP contribution >= 0.6 is 11.3 Å². The first-order chi connectivity index (χ1) is 11.4. The predicted octanol–water partition coefficient (Wildman–Crippen LogP) is 0.931. The Hall–Kier alpha value is -2.25. The van der Waals surface area contributed by atoms with Crippen molar-refractivity contribution in [2.24, 2.45) is 0 Å². The summed E-state index contributed by atoms with van der Waals surface area (Å²) in [6.07, 6.45) is 0. The van der Waals surface area contributed by atoms with Crippen LogP contribution in [0.1, 0.15) is 12.6 Å². The minimum atomic E-state index is -0.0782. The average Bonchev–Trinajstić information content (AvgIpc) is 2.95. The summed E-state index contributed by atoms with van der Waals surface area (Å²) in [6.45, 7) is 2.58. The van der Waals surface area contributed by atoms with Gasteiger partial charge in [0.15, 0.2) is 11.7 Å². The molecular weight excluding hydrogens is 324 g/mol. The van der Waals surface area contributed by atoms with Crippen LogP contribution in [-0.2, 0) is 16.1 Å². The molecule has 0 radical (unpaired) electrons. The number of anilines is 2. The minimum absolute atomic E-state index is 0.0782. The maximum Gasteiger partial charge on any atom is 0.277 e. The molecule has 128 valence electrons. The number of nitrogens with zero attached hydrogens (tertiary/aromatic N) is 3. The molecule has 1 unspecified atom stereocenters. The van der Waals surface area contributed by atoms with Crippen LogP contribution in [0.3, 0.4) is 0 Å². The number of hydrogen-bond donors (Lipinski definition) is 1. The summed E-state index contributed by atoms with van der Waals surface area (Å²) < 4.78 is 0. The van der Waals surface area contributed by atoms with Crippen molar-refractivity contribution in [1.82, 2.24) is 9.88 Å². The lowest BCUT2D eigenvalue weighted by Gasteiger charge is -2.18. The number of thiazole rings is 1. The van der Waals surface area contributed by atoms with Gasteiger partial charge in [-0.15, -0.1) is 11.3 Å². The molecule has 2 amide bonds. The van der Waals surface area contributed by atoms with Crippen molar-refractivity contribution in [3.05, 3.63) is 41.4 Å². The average molecular weight is 347 g/mol. The molecule has 0 fully saturated rings. The maximum absolute atomic E-state index is 12.0. The Kier molecular flexibility index (Phi) is 6.05. The third kappa shape index (κ3) is 4.62. The molecular formula is C17H23N4O2S+. The number of nitrogens with one attached hydrogen (secondary N) is 1. The van der Waals surface area contributed by atoms with E-state index in [9.17, 15) is 9.59 Å². The molecule has 0 aliphatic heterocycles. The molecule has 0 spiro atoms. The van der Waals surface area contributed by atoms with Crippen LogP contribution < -0.4 is 9.80 Å². The van der Waals surface area contributed by atoms with E-state index in [0.29, 0.717) is 18.2 Å². The molecule has 2 aromatic rings. The van der Waals surface area contributed by atoms with Gasteiger partial charge < -0.3 is 9.80 Å². The highest BCUT2D eigenvalue weighted by Gasteiger charge is 2.19. The Morgan fingerprint density at radius 1 is 1.21 bits per heavy atom. The number of amides is 2. The van der Waals surface area contributed by atoms with Crippen molar-refractivity contribution < 1.29 is 14.5 Å². The summed E-state index contributed by atoms with van der Waals surface area (Å²) in [7, 11) is 5.46. The molecule has 0 aliphatic carbocycles. The molecule has 1 aromatic heterocycles.